The van der Waals surface area contributed by atoms with Crippen LogP contribution in [0.3, 0.4) is 0 Å². The maximum absolute atomic E-state index is 12.6. The summed E-state index contributed by atoms with van der Waals surface area (Å²) in [6, 6.07) is 0. The number of phosphoric ester groups is 1. The smallest absolute Gasteiger partial charge is 0.306 e. The fraction of sp³-hybridized carbons (Fsp3) is 0.625. The zero-order valence-electron chi connectivity index (χ0n) is 36.9. The van der Waals surface area contributed by atoms with Crippen molar-refractivity contribution in [3.63, 3.8) is 0 Å². The maximum atomic E-state index is 12.6. The van der Waals surface area contributed by atoms with Crippen molar-refractivity contribution >= 4 is 19.8 Å². The molecule has 0 rings (SSSR count). The Morgan fingerprint density at radius 3 is 1.31 bits per heavy atom. The summed E-state index contributed by atoms with van der Waals surface area (Å²) in [5, 5.41) is 0. The topological polar surface area (TPSA) is 111 Å². The Morgan fingerprint density at radius 1 is 0.534 bits per heavy atom. The number of esters is 2. The Bertz CT molecular complexity index is 1300. The lowest BCUT2D eigenvalue weighted by atomic mass is 10.2. The number of hydrogen-bond donors (Lipinski definition) is 0. The molecule has 0 N–H and O–H groups in total. The second-order valence-electron chi connectivity index (χ2n) is 15.3. The third kappa shape index (κ3) is 42.5. The van der Waals surface area contributed by atoms with Gasteiger partial charge in [-0.25, -0.2) is 0 Å². The van der Waals surface area contributed by atoms with E-state index in [1.54, 1.807) is 0 Å². The number of carbonyl (C=O) groups excluding carboxylic acids is 2. The third-order valence-corrected chi connectivity index (χ3v) is 9.54. The highest BCUT2D eigenvalue weighted by Crippen LogP contribution is 2.38. The normalized spacial score (nSPS) is 14.5. The van der Waals surface area contributed by atoms with Crippen LogP contribution in [0, 0.1) is 0 Å². The van der Waals surface area contributed by atoms with E-state index in [2.05, 4.69) is 98.9 Å². The molecule has 0 aromatic heterocycles. The maximum Gasteiger partial charge on any atom is 0.306 e. The molecule has 0 fully saturated rings. The Morgan fingerprint density at radius 2 is 0.914 bits per heavy atom. The molecule has 0 radical (unpaired) electrons. The predicted octanol–water partition coefficient (Wildman–Crippen LogP) is 11.9. The third-order valence-electron chi connectivity index (χ3n) is 8.58. The van der Waals surface area contributed by atoms with Crippen molar-refractivity contribution in [1.29, 1.82) is 0 Å². The lowest BCUT2D eigenvalue weighted by Crippen LogP contribution is -2.37. The van der Waals surface area contributed by atoms with Crippen molar-refractivity contribution in [2.75, 3.05) is 47.5 Å². The second-order valence-corrected chi connectivity index (χ2v) is 16.8. The molecule has 0 aliphatic heterocycles. The lowest BCUT2D eigenvalue weighted by Gasteiger charge is -2.28. The molecular formula is C48H80NO8P. The van der Waals surface area contributed by atoms with E-state index >= 15 is 0 Å². The van der Waals surface area contributed by atoms with Crippen LogP contribution in [0.5, 0.6) is 0 Å². The van der Waals surface area contributed by atoms with Gasteiger partial charge in [-0.05, 0) is 89.9 Å². The summed E-state index contributed by atoms with van der Waals surface area (Å²) in [5.74, 6) is -0.977. The van der Waals surface area contributed by atoms with E-state index in [9.17, 15) is 19.0 Å². The molecule has 0 aliphatic carbocycles. The van der Waals surface area contributed by atoms with E-state index in [1.165, 1.54) is 44.9 Å². The molecule has 0 saturated heterocycles. The number of phosphoric acid groups is 1. The van der Waals surface area contributed by atoms with Gasteiger partial charge in [-0.1, -0.05) is 137 Å². The number of ether oxygens (including phenoxy) is 2. The standard InChI is InChI=1S/C48H80NO8P/c1-6-8-10-12-14-16-18-20-22-24-26-28-30-32-34-36-38-40-47(50)54-44-46(45-56-58(52,53)55-43-42-49(3,4)5)57-48(51)41-39-37-35-33-31-29-27-25-23-21-19-17-15-13-11-9-7-2/h14-17,20-23,26-29,32-35,46H,6-13,18-19,24-25,30-31,36-45H2,1-5H3/t46-/m1/s1. The van der Waals surface area contributed by atoms with Gasteiger partial charge in [0.1, 0.15) is 19.8 Å². The summed E-state index contributed by atoms with van der Waals surface area (Å²) in [7, 11) is 1.08. The van der Waals surface area contributed by atoms with E-state index in [4.69, 9.17) is 18.5 Å². The minimum Gasteiger partial charge on any atom is -0.756 e. The van der Waals surface area contributed by atoms with Crippen LogP contribution >= 0.6 is 7.82 Å². The van der Waals surface area contributed by atoms with Crippen LogP contribution in [0.15, 0.2) is 97.2 Å². The van der Waals surface area contributed by atoms with Crippen LogP contribution in [0.2, 0.25) is 0 Å². The van der Waals surface area contributed by atoms with Gasteiger partial charge in [-0.3, -0.25) is 14.2 Å². The largest absolute Gasteiger partial charge is 0.756 e. The van der Waals surface area contributed by atoms with Crippen LogP contribution in [0.4, 0.5) is 0 Å². The predicted molar refractivity (Wildman–Crippen MR) is 240 cm³/mol. The Hall–Kier alpha value is -3.07. The average Bonchev–Trinajstić information content (AvgIpc) is 3.17. The molecule has 1 unspecified atom stereocenters. The molecule has 0 aliphatic rings. The van der Waals surface area contributed by atoms with Crippen LogP contribution in [-0.4, -0.2) is 70.0 Å². The Kier molecular flexibility index (Phi) is 37.3. The van der Waals surface area contributed by atoms with Gasteiger partial charge in [0.25, 0.3) is 7.82 Å². The van der Waals surface area contributed by atoms with Crippen molar-refractivity contribution in [3.8, 4) is 0 Å². The monoisotopic (exact) mass is 830 g/mol. The molecule has 2 atom stereocenters. The molecule has 0 aromatic rings. The zero-order valence-corrected chi connectivity index (χ0v) is 37.8. The molecule has 0 bridgehead atoms. The van der Waals surface area contributed by atoms with Gasteiger partial charge in [0.15, 0.2) is 6.10 Å². The molecule has 0 saturated carbocycles. The fourth-order valence-electron chi connectivity index (χ4n) is 5.11. The highest BCUT2D eigenvalue weighted by atomic mass is 31.2. The number of likely N-dealkylation sites (N-methyl/N-ethyl adjacent to an activating group) is 1. The SMILES string of the molecule is CCCCCC=CCC=CCC=CCC=CCCCC(=O)OC[C@H](COP(=O)([O-])OCC[N+](C)(C)C)OC(=O)CCCC=CCC=CCC=CCC=CCCCCC. The van der Waals surface area contributed by atoms with Crippen molar-refractivity contribution in [3.05, 3.63) is 97.2 Å². The summed E-state index contributed by atoms with van der Waals surface area (Å²) < 4.78 is 33.7. The Balaban J connectivity index is 4.58. The number of nitrogens with zero attached hydrogens (tertiary/aromatic N) is 1. The highest BCUT2D eigenvalue weighted by Gasteiger charge is 2.21. The van der Waals surface area contributed by atoms with E-state index in [1.807, 2.05) is 33.3 Å². The zero-order chi connectivity index (χ0) is 42.8. The summed E-state index contributed by atoms with van der Waals surface area (Å²) in [6.45, 7) is 4.01. The van der Waals surface area contributed by atoms with Crippen LogP contribution in [-0.2, 0) is 32.7 Å². The molecule has 58 heavy (non-hydrogen) atoms. The first-order chi connectivity index (χ1) is 28.0. The quantitative estimate of drug-likeness (QED) is 0.0199. The summed E-state index contributed by atoms with van der Waals surface area (Å²) in [5.41, 5.74) is 0. The minimum absolute atomic E-state index is 0.0549. The average molecular weight is 830 g/mol. The fourth-order valence-corrected chi connectivity index (χ4v) is 5.84. The summed E-state index contributed by atoms with van der Waals surface area (Å²) >= 11 is 0. The molecule has 10 heteroatoms. The van der Waals surface area contributed by atoms with Gasteiger partial charge >= 0.3 is 11.9 Å². The van der Waals surface area contributed by atoms with Gasteiger partial charge in [-0.2, -0.15) is 0 Å². The van der Waals surface area contributed by atoms with E-state index in [0.29, 0.717) is 30.3 Å². The number of carbonyl (C=O) groups is 2. The number of allylic oxidation sites excluding steroid dienone is 16. The van der Waals surface area contributed by atoms with Crippen molar-refractivity contribution in [2.45, 2.75) is 148 Å². The molecular weight excluding hydrogens is 750 g/mol. The van der Waals surface area contributed by atoms with Gasteiger partial charge in [-0.15, -0.1) is 0 Å². The molecule has 0 amide bonds. The molecule has 9 nitrogen and oxygen atoms in total. The van der Waals surface area contributed by atoms with E-state index in [0.717, 1.165) is 51.4 Å². The molecule has 0 heterocycles. The van der Waals surface area contributed by atoms with Gasteiger partial charge in [0.05, 0.1) is 27.7 Å². The number of hydrogen-bond acceptors (Lipinski definition) is 8. The first-order valence-electron chi connectivity index (χ1n) is 21.9. The van der Waals surface area contributed by atoms with Crippen molar-refractivity contribution in [1.82, 2.24) is 0 Å². The van der Waals surface area contributed by atoms with Crippen molar-refractivity contribution in [2.24, 2.45) is 0 Å². The van der Waals surface area contributed by atoms with E-state index < -0.39 is 32.5 Å². The van der Waals surface area contributed by atoms with Gasteiger partial charge < -0.3 is 27.9 Å². The number of unbranched alkanes of at least 4 members (excludes halogenated alkanes) is 8. The second kappa shape index (κ2) is 39.4. The van der Waals surface area contributed by atoms with Crippen molar-refractivity contribution < 1.29 is 42.1 Å². The van der Waals surface area contributed by atoms with Crippen LogP contribution in [0.25, 0.3) is 0 Å². The van der Waals surface area contributed by atoms with Gasteiger partial charge in [0, 0.05) is 12.8 Å². The van der Waals surface area contributed by atoms with E-state index in [-0.39, 0.29) is 26.1 Å². The molecule has 330 valence electrons. The first kappa shape index (κ1) is 54.9. The minimum atomic E-state index is -4.66. The van der Waals surface area contributed by atoms with Crippen LogP contribution < -0.4 is 4.89 Å². The van der Waals surface area contributed by atoms with Gasteiger partial charge in [0.2, 0.25) is 0 Å². The Labute approximate surface area is 353 Å². The summed E-state index contributed by atoms with van der Waals surface area (Å²) in [6.07, 6.45) is 51.6. The molecule has 0 spiro atoms. The first-order valence-corrected chi connectivity index (χ1v) is 23.4. The highest BCUT2D eigenvalue weighted by molar-refractivity contribution is 7.45. The molecule has 0 aromatic carbocycles. The number of quaternary nitrogens is 1. The van der Waals surface area contributed by atoms with Crippen LogP contribution in [0.1, 0.15) is 142 Å². The lowest BCUT2D eigenvalue weighted by molar-refractivity contribution is -0.870. The number of rotatable bonds is 38. The summed E-state index contributed by atoms with van der Waals surface area (Å²) in [4.78, 5) is 37.5.